The zero-order valence-corrected chi connectivity index (χ0v) is 13.9. The van der Waals surface area contributed by atoms with Crippen molar-refractivity contribution >= 4 is 39.1 Å². The molecule has 1 N–H and O–H groups in total. The van der Waals surface area contributed by atoms with Crippen molar-refractivity contribution in [3.8, 4) is 11.5 Å². The third-order valence-corrected chi connectivity index (χ3v) is 4.64. The number of rotatable bonds is 2. The number of hydrogen-bond acceptors (Lipinski definition) is 3. The molecule has 0 spiro atoms. The maximum absolute atomic E-state index is 10.6. The summed E-state index contributed by atoms with van der Waals surface area (Å²) in [6.07, 6.45) is -0.843. The highest BCUT2D eigenvalue weighted by Gasteiger charge is 2.20. The maximum atomic E-state index is 10.6. The molecule has 1 unspecified atom stereocenters. The molecule has 0 aromatic heterocycles. The Bertz CT molecular complexity index is 691. The lowest BCUT2D eigenvalue weighted by molar-refractivity contribution is 0.169. The number of benzene rings is 2. The summed E-state index contributed by atoms with van der Waals surface area (Å²) in [6.45, 7) is 1.02. The van der Waals surface area contributed by atoms with Crippen LogP contribution in [0.2, 0.25) is 10.0 Å². The molecular formula is C15H11BrCl2O3. The largest absolute Gasteiger partial charge is 0.486 e. The Labute approximate surface area is 140 Å². The van der Waals surface area contributed by atoms with E-state index >= 15 is 0 Å². The average Bonchev–Trinajstić information content (AvgIpc) is 2.48. The van der Waals surface area contributed by atoms with Crippen molar-refractivity contribution in [1.82, 2.24) is 0 Å². The highest BCUT2D eigenvalue weighted by Crippen LogP contribution is 2.40. The normalized spacial score (nSPS) is 14.9. The summed E-state index contributed by atoms with van der Waals surface area (Å²) in [5, 5.41) is 11.4. The highest BCUT2D eigenvalue weighted by atomic mass is 79.9. The van der Waals surface area contributed by atoms with Crippen LogP contribution in [0.1, 0.15) is 17.2 Å². The summed E-state index contributed by atoms with van der Waals surface area (Å²) in [5.41, 5.74) is 1.33. The van der Waals surface area contributed by atoms with Gasteiger partial charge in [0.25, 0.3) is 0 Å². The van der Waals surface area contributed by atoms with E-state index in [2.05, 4.69) is 15.9 Å². The fourth-order valence-corrected chi connectivity index (χ4v) is 3.00. The minimum Gasteiger partial charge on any atom is -0.486 e. The zero-order chi connectivity index (χ0) is 15.0. The molecule has 0 saturated heterocycles. The molecule has 1 heterocycles. The summed E-state index contributed by atoms with van der Waals surface area (Å²) in [7, 11) is 0. The molecule has 0 radical (unpaired) electrons. The smallest absolute Gasteiger partial charge is 0.162 e. The second-order valence-corrected chi connectivity index (χ2v) is 6.26. The first kappa shape index (κ1) is 15.0. The van der Waals surface area contributed by atoms with Gasteiger partial charge < -0.3 is 14.6 Å². The van der Waals surface area contributed by atoms with Gasteiger partial charge in [-0.15, -0.1) is 0 Å². The van der Waals surface area contributed by atoms with Crippen molar-refractivity contribution in [2.24, 2.45) is 0 Å². The van der Waals surface area contributed by atoms with Crippen LogP contribution in [0.3, 0.4) is 0 Å². The molecule has 0 bridgehead atoms. The predicted molar refractivity (Wildman–Crippen MR) is 85.7 cm³/mol. The van der Waals surface area contributed by atoms with Gasteiger partial charge in [-0.25, -0.2) is 0 Å². The molecule has 2 aromatic carbocycles. The molecule has 110 valence electrons. The van der Waals surface area contributed by atoms with E-state index in [1.165, 1.54) is 0 Å². The molecule has 3 nitrogen and oxygen atoms in total. The molecule has 0 aliphatic carbocycles. The Morgan fingerprint density at radius 3 is 2.33 bits per heavy atom. The first-order chi connectivity index (χ1) is 10.1. The lowest BCUT2D eigenvalue weighted by Crippen LogP contribution is -2.16. The average molecular weight is 390 g/mol. The fraction of sp³-hybridized carbons (Fsp3) is 0.200. The molecule has 1 aliphatic heterocycles. The quantitative estimate of drug-likeness (QED) is 0.815. The van der Waals surface area contributed by atoms with Crippen LogP contribution in [0.15, 0.2) is 34.8 Å². The number of fused-ring (bicyclic) bond motifs is 1. The molecule has 21 heavy (non-hydrogen) atoms. The molecule has 2 aromatic rings. The van der Waals surface area contributed by atoms with E-state index in [0.29, 0.717) is 45.9 Å². The van der Waals surface area contributed by atoms with Gasteiger partial charge in [0.05, 0.1) is 10.0 Å². The van der Waals surface area contributed by atoms with Gasteiger partial charge >= 0.3 is 0 Å². The van der Waals surface area contributed by atoms with E-state index in [-0.39, 0.29) is 0 Å². The van der Waals surface area contributed by atoms with E-state index in [0.717, 1.165) is 4.47 Å². The van der Waals surface area contributed by atoms with E-state index < -0.39 is 6.10 Å². The maximum Gasteiger partial charge on any atom is 0.162 e. The van der Waals surface area contributed by atoms with E-state index in [4.69, 9.17) is 32.7 Å². The first-order valence-corrected chi connectivity index (χ1v) is 7.83. The minimum atomic E-state index is -0.843. The third kappa shape index (κ3) is 2.99. The van der Waals surface area contributed by atoms with Gasteiger partial charge in [0, 0.05) is 10.0 Å². The SMILES string of the molecule is OC(c1ccc(Cl)c(Cl)c1)c1cc2c(cc1Br)OCCO2. The Morgan fingerprint density at radius 1 is 1.00 bits per heavy atom. The van der Waals surface area contributed by atoms with Crippen LogP contribution >= 0.6 is 39.1 Å². The number of halogens is 3. The van der Waals surface area contributed by atoms with Crippen molar-refractivity contribution in [1.29, 1.82) is 0 Å². The molecule has 1 aliphatic rings. The molecule has 0 saturated carbocycles. The first-order valence-electron chi connectivity index (χ1n) is 6.28. The van der Waals surface area contributed by atoms with Crippen LogP contribution in [0.4, 0.5) is 0 Å². The number of hydrogen-bond donors (Lipinski definition) is 1. The monoisotopic (exact) mass is 388 g/mol. The van der Waals surface area contributed by atoms with Crippen molar-refractivity contribution in [2.75, 3.05) is 13.2 Å². The molecule has 6 heteroatoms. The predicted octanol–water partition coefficient (Wildman–Crippen LogP) is 4.61. The summed E-state index contributed by atoms with van der Waals surface area (Å²) >= 11 is 15.4. The second-order valence-electron chi connectivity index (χ2n) is 4.59. The molecule has 1 atom stereocenters. The second kappa shape index (κ2) is 6.05. The fourth-order valence-electron chi connectivity index (χ4n) is 2.15. The third-order valence-electron chi connectivity index (χ3n) is 3.22. The van der Waals surface area contributed by atoms with Crippen molar-refractivity contribution in [3.63, 3.8) is 0 Å². The van der Waals surface area contributed by atoms with E-state index in [1.54, 1.807) is 30.3 Å². The lowest BCUT2D eigenvalue weighted by atomic mass is 10.0. The van der Waals surface area contributed by atoms with Gasteiger partial charge in [-0.2, -0.15) is 0 Å². The van der Waals surface area contributed by atoms with Gasteiger partial charge in [0.15, 0.2) is 11.5 Å². The van der Waals surface area contributed by atoms with Crippen molar-refractivity contribution in [2.45, 2.75) is 6.10 Å². The van der Waals surface area contributed by atoms with Gasteiger partial charge in [0.2, 0.25) is 0 Å². The van der Waals surface area contributed by atoms with Gasteiger partial charge in [-0.05, 0) is 29.8 Å². The molecule has 0 fully saturated rings. The van der Waals surface area contributed by atoms with Crippen LogP contribution in [0.25, 0.3) is 0 Å². The van der Waals surface area contributed by atoms with Crippen molar-refractivity contribution < 1.29 is 14.6 Å². The Kier molecular flexibility index (Phi) is 4.31. The van der Waals surface area contributed by atoms with Crippen LogP contribution < -0.4 is 9.47 Å². The van der Waals surface area contributed by atoms with Gasteiger partial charge in [-0.3, -0.25) is 0 Å². The van der Waals surface area contributed by atoms with E-state index in [9.17, 15) is 5.11 Å². The molecular weight excluding hydrogens is 379 g/mol. The Balaban J connectivity index is 2.00. The van der Waals surface area contributed by atoms with Crippen LogP contribution in [-0.4, -0.2) is 18.3 Å². The van der Waals surface area contributed by atoms with Crippen LogP contribution in [-0.2, 0) is 0 Å². The number of aliphatic hydroxyl groups is 1. The van der Waals surface area contributed by atoms with Crippen LogP contribution in [0, 0.1) is 0 Å². The van der Waals surface area contributed by atoms with E-state index in [1.807, 2.05) is 0 Å². The number of aliphatic hydroxyl groups excluding tert-OH is 1. The van der Waals surface area contributed by atoms with Crippen LogP contribution in [0.5, 0.6) is 11.5 Å². The summed E-state index contributed by atoms with van der Waals surface area (Å²) in [5.74, 6) is 1.29. The highest BCUT2D eigenvalue weighted by molar-refractivity contribution is 9.10. The van der Waals surface area contributed by atoms with Gasteiger partial charge in [-0.1, -0.05) is 45.2 Å². The Morgan fingerprint density at radius 2 is 1.67 bits per heavy atom. The van der Waals surface area contributed by atoms with Gasteiger partial charge in [0.1, 0.15) is 19.3 Å². The summed E-state index contributed by atoms with van der Waals surface area (Å²) < 4.78 is 11.8. The Hall–Kier alpha value is -0.940. The standard InChI is InChI=1S/C15H11BrCl2O3/c16-10-7-14-13(20-3-4-21-14)6-9(10)15(19)8-1-2-11(17)12(18)5-8/h1-2,5-7,15,19H,3-4H2. The molecule has 0 amide bonds. The topological polar surface area (TPSA) is 38.7 Å². The summed E-state index contributed by atoms with van der Waals surface area (Å²) in [6, 6.07) is 8.62. The summed E-state index contributed by atoms with van der Waals surface area (Å²) in [4.78, 5) is 0. The molecule has 3 rings (SSSR count). The van der Waals surface area contributed by atoms with Crippen molar-refractivity contribution in [3.05, 3.63) is 56.0 Å². The number of ether oxygens (including phenoxy) is 2. The lowest BCUT2D eigenvalue weighted by Gasteiger charge is -2.21. The minimum absolute atomic E-state index is 0.405. The zero-order valence-electron chi connectivity index (χ0n) is 10.8.